The second-order valence-corrected chi connectivity index (χ2v) is 7.64. The first-order chi connectivity index (χ1) is 12.4. The lowest BCUT2D eigenvalue weighted by atomic mass is 9.93. The molecule has 2 aromatic carbocycles. The van der Waals surface area contributed by atoms with Crippen molar-refractivity contribution in [2.75, 3.05) is 5.32 Å². The fourth-order valence-electron chi connectivity index (χ4n) is 3.32. The van der Waals surface area contributed by atoms with Crippen molar-refractivity contribution in [3.8, 4) is 22.5 Å². The Bertz CT molecular complexity index is 1100. The molecule has 4 rings (SSSR count). The molecule has 0 saturated heterocycles. The highest BCUT2D eigenvalue weighted by atomic mass is 16.3. The van der Waals surface area contributed by atoms with E-state index in [-0.39, 0.29) is 5.54 Å². The maximum atomic E-state index is 7.95. The predicted molar refractivity (Wildman–Crippen MR) is 108 cm³/mol. The zero-order valence-electron chi connectivity index (χ0n) is 15.3. The molecule has 0 aromatic heterocycles. The summed E-state index contributed by atoms with van der Waals surface area (Å²) >= 11 is 0. The molecule has 26 heavy (non-hydrogen) atoms. The van der Waals surface area contributed by atoms with Gasteiger partial charge in [0.25, 0.3) is 0 Å². The van der Waals surface area contributed by atoms with Crippen LogP contribution in [0.25, 0.3) is 33.4 Å². The molecule has 0 bridgehead atoms. The smallest absolute Gasteiger partial charge is 0.137 e. The lowest BCUT2D eigenvalue weighted by molar-refractivity contribution is 0.616. The van der Waals surface area contributed by atoms with Gasteiger partial charge in [-0.15, -0.1) is 0 Å². The van der Waals surface area contributed by atoms with Crippen LogP contribution in [-0.2, 0) is 0 Å². The van der Waals surface area contributed by atoms with Crippen molar-refractivity contribution < 1.29 is 4.42 Å². The molecule has 2 aromatic rings. The van der Waals surface area contributed by atoms with Gasteiger partial charge in [-0.25, -0.2) is 0 Å². The van der Waals surface area contributed by atoms with Gasteiger partial charge in [0, 0.05) is 39.9 Å². The molecule has 0 saturated carbocycles. The van der Waals surface area contributed by atoms with Crippen molar-refractivity contribution in [1.29, 1.82) is 5.41 Å². The maximum absolute atomic E-state index is 7.95. The number of fused-ring (bicyclic) bond motifs is 2. The number of benzene rings is 3. The number of nitrogens with one attached hydrogen (secondary N) is 2. The third kappa shape index (κ3) is 3.08. The fourth-order valence-corrected chi connectivity index (χ4v) is 3.32. The Morgan fingerprint density at radius 1 is 0.885 bits per heavy atom. The summed E-state index contributed by atoms with van der Waals surface area (Å²) in [7, 11) is 0. The molecule has 0 spiro atoms. The summed E-state index contributed by atoms with van der Waals surface area (Å²) in [5.41, 5.74) is 5.12. The van der Waals surface area contributed by atoms with Gasteiger partial charge in [-0.1, -0.05) is 30.3 Å². The third-order valence-corrected chi connectivity index (χ3v) is 4.30. The highest BCUT2D eigenvalue weighted by Gasteiger charge is 2.17. The number of hydrogen-bond donors (Lipinski definition) is 2. The molecule has 0 amide bonds. The molecule has 130 valence electrons. The average molecular weight is 342 g/mol. The minimum atomic E-state index is -0.0267. The van der Waals surface area contributed by atoms with Crippen LogP contribution in [-0.4, -0.2) is 5.54 Å². The van der Waals surface area contributed by atoms with E-state index < -0.39 is 0 Å². The number of hydrogen-bond acceptors (Lipinski definition) is 3. The van der Waals surface area contributed by atoms with Crippen molar-refractivity contribution in [3.05, 3.63) is 72.1 Å². The van der Waals surface area contributed by atoms with Gasteiger partial charge >= 0.3 is 0 Å². The number of rotatable bonds is 2. The van der Waals surface area contributed by atoms with Gasteiger partial charge in [0.05, 0.1) is 5.36 Å². The van der Waals surface area contributed by atoms with Gasteiger partial charge < -0.3 is 15.1 Å². The standard InChI is InChI=1S/C23H22N2O/c1-23(2,3)25-17-10-12-19-21(14-17)26-20-13-16(24)9-11-18(20)22(19)15-7-5-4-6-8-15/h4-14,24-25H,1-3H3. The van der Waals surface area contributed by atoms with Crippen molar-refractivity contribution in [1.82, 2.24) is 0 Å². The van der Waals surface area contributed by atoms with Crippen LogP contribution in [0.3, 0.4) is 0 Å². The van der Waals surface area contributed by atoms with Crippen LogP contribution < -0.4 is 10.7 Å². The summed E-state index contributed by atoms with van der Waals surface area (Å²) in [6.07, 6.45) is 0. The molecule has 0 radical (unpaired) electrons. The lowest BCUT2D eigenvalue weighted by Crippen LogP contribution is -2.25. The Balaban J connectivity index is 2.04. The maximum Gasteiger partial charge on any atom is 0.137 e. The second kappa shape index (κ2) is 6.03. The van der Waals surface area contributed by atoms with Crippen LogP contribution in [0, 0.1) is 5.41 Å². The van der Waals surface area contributed by atoms with E-state index in [4.69, 9.17) is 9.83 Å². The molecule has 1 aliphatic heterocycles. The van der Waals surface area contributed by atoms with Crippen LogP contribution in [0.2, 0.25) is 0 Å². The highest BCUT2D eigenvalue weighted by molar-refractivity contribution is 6.02. The minimum Gasteiger partial charge on any atom is -0.456 e. The van der Waals surface area contributed by atoms with Gasteiger partial charge in [-0.2, -0.15) is 0 Å². The molecular weight excluding hydrogens is 320 g/mol. The molecule has 0 unspecified atom stereocenters. The molecule has 3 heteroatoms. The molecular formula is C23H22N2O. The Morgan fingerprint density at radius 3 is 2.38 bits per heavy atom. The molecule has 2 aliphatic rings. The SMILES string of the molecule is CC(C)(C)Nc1ccc2c(-c3ccccc3)c3ccc(=N)cc-3oc2c1. The van der Waals surface area contributed by atoms with E-state index in [2.05, 4.69) is 50.4 Å². The quantitative estimate of drug-likeness (QED) is 0.446. The first-order valence-electron chi connectivity index (χ1n) is 8.79. The molecule has 0 atom stereocenters. The lowest BCUT2D eigenvalue weighted by Gasteiger charge is -2.23. The Morgan fingerprint density at radius 2 is 1.65 bits per heavy atom. The Labute approximate surface area is 153 Å². The molecule has 3 nitrogen and oxygen atoms in total. The fraction of sp³-hybridized carbons (Fsp3) is 0.174. The normalized spacial score (nSPS) is 11.8. The first kappa shape index (κ1) is 16.4. The van der Waals surface area contributed by atoms with Crippen molar-refractivity contribution >= 4 is 16.7 Å². The van der Waals surface area contributed by atoms with E-state index in [9.17, 15) is 0 Å². The van der Waals surface area contributed by atoms with Crippen molar-refractivity contribution in [2.24, 2.45) is 0 Å². The van der Waals surface area contributed by atoms with Gasteiger partial charge in [0.1, 0.15) is 11.3 Å². The molecule has 1 aliphatic carbocycles. The summed E-state index contributed by atoms with van der Waals surface area (Å²) in [4.78, 5) is 0. The van der Waals surface area contributed by atoms with Crippen LogP contribution in [0.15, 0.2) is 71.1 Å². The summed E-state index contributed by atoms with van der Waals surface area (Å²) < 4.78 is 6.18. The third-order valence-electron chi connectivity index (χ3n) is 4.30. The second-order valence-electron chi connectivity index (χ2n) is 7.64. The van der Waals surface area contributed by atoms with E-state index in [0.29, 0.717) is 5.36 Å². The van der Waals surface area contributed by atoms with Crippen LogP contribution >= 0.6 is 0 Å². The summed E-state index contributed by atoms with van der Waals surface area (Å²) in [5.74, 6) is 0.733. The van der Waals surface area contributed by atoms with Crippen molar-refractivity contribution in [2.45, 2.75) is 26.3 Å². The highest BCUT2D eigenvalue weighted by Crippen LogP contribution is 2.40. The largest absolute Gasteiger partial charge is 0.456 e. The monoisotopic (exact) mass is 342 g/mol. The van der Waals surface area contributed by atoms with Gasteiger partial charge in [0.15, 0.2) is 0 Å². The van der Waals surface area contributed by atoms with Gasteiger partial charge in [-0.05, 0) is 50.6 Å². The Kier molecular flexibility index (Phi) is 3.80. The zero-order valence-corrected chi connectivity index (χ0v) is 15.3. The van der Waals surface area contributed by atoms with Gasteiger partial charge in [0.2, 0.25) is 0 Å². The summed E-state index contributed by atoms with van der Waals surface area (Å²) in [6.45, 7) is 6.41. The van der Waals surface area contributed by atoms with Crippen LogP contribution in [0.4, 0.5) is 5.69 Å². The van der Waals surface area contributed by atoms with E-state index in [1.807, 2.05) is 36.4 Å². The molecule has 0 fully saturated rings. The van der Waals surface area contributed by atoms with E-state index >= 15 is 0 Å². The minimum absolute atomic E-state index is 0.0267. The van der Waals surface area contributed by atoms with E-state index in [0.717, 1.165) is 39.1 Å². The van der Waals surface area contributed by atoms with E-state index in [1.165, 1.54) is 0 Å². The summed E-state index contributed by atoms with van der Waals surface area (Å²) in [6, 6.07) is 22.2. The van der Waals surface area contributed by atoms with E-state index in [1.54, 1.807) is 6.07 Å². The van der Waals surface area contributed by atoms with Gasteiger partial charge in [-0.3, -0.25) is 0 Å². The first-order valence-corrected chi connectivity index (χ1v) is 8.79. The average Bonchev–Trinajstić information content (AvgIpc) is 2.59. The zero-order chi connectivity index (χ0) is 18.3. The Hall–Kier alpha value is -3.07. The van der Waals surface area contributed by atoms with Crippen LogP contribution in [0.1, 0.15) is 20.8 Å². The van der Waals surface area contributed by atoms with Crippen LogP contribution in [0.5, 0.6) is 0 Å². The molecule has 1 heterocycles. The number of anilines is 1. The summed E-state index contributed by atoms with van der Waals surface area (Å²) in [5, 5.41) is 13.0. The topological polar surface area (TPSA) is 49.0 Å². The predicted octanol–water partition coefficient (Wildman–Crippen LogP) is 5.89. The molecule has 2 N–H and O–H groups in total. The van der Waals surface area contributed by atoms with Crippen molar-refractivity contribution in [3.63, 3.8) is 0 Å².